The molecule has 4 N–H and O–H groups in total. The summed E-state index contributed by atoms with van der Waals surface area (Å²) < 4.78 is 5.33. The Morgan fingerprint density at radius 3 is 2.76 bits per heavy atom. The van der Waals surface area contributed by atoms with E-state index in [1.54, 1.807) is 6.07 Å². The summed E-state index contributed by atoms with van der Waals surface area (Å²) in [5, 5.41) is 12.5. The molecule has 0 spiro atoms. The van der Waals surface area contributed by atoms with Crippen LogP contribution < -0.4 is 11.1 Å². The van der Waals surface area contributed by atoms with Crippen LogP contribution in [0, 0.1) is 6.92 Å². The summed E-state index contributed by atoms with van der Waals surface area (Å²) in [6.07, 6.45) is 0. The van der Waals surface area contributed by atoms with Crippen LogP contribution in [0.2, 0.25) is 0 Å². The number of aromatic carboxylic acids is 1. The highest BCUT2D eigenvalue weighted by atomic mass is 16.5. The molecule has 21 heavy (non-hydrogen) atoms. The second-order valence-corrected chi connectivity index (χ2v) is 5.52. The van der Waals surface area contributed by atoms with Gasteiger partial charge in [-0.25, -0.2) is 4.79 Å². The predicted octanol–water partition coefficient (Wildman–Crippen LogP) is 1.41. The molecule has 6 heteroatoms. The molecule has 6 nitrogen and oxygen atoms in total. The Bertz CT molecular complexity index is 513. The molecule has 0 bridgehead atoms. The molecule has 0 radical (unpaired) electrons. The summed E-state index contributed by atoms with van der Waals surface area (Å²) >= 11 is 0. The summed E-state index contributed by atoms with van der Waals surface area (Å²) in [7, 11) is 0. The van der Waals surface area contributed by atoms with E-state index in [2.05, 4.69) is 17.1 Å². The smallest absolute Gasteiger partial charge is 0.337 e. The number of morpholine rings is 1. The van der Waals surface area contributed by atoms with E-state index in [0.29, 0.717) is 5.69 Å². The molecule has 0 saturated carbocycles. The van der Waals surface area contributed by atoms with Gasteiger partial charge in [0, 0.05) is 37.1 Å². The molecular weight excluding hydrogens is 270 g/mol. The first kappa shape index (κ1) is 15.6. The number of anilines is 2. The van der Waals surface area contributed by atoms with Crippen LogP contribution in [0.4, 0.5) is 11.4 Å². The fourth-order valence-corrected chi connectivity index (χ4v) is 2.56. The number of ether oxygens (including phenoxy) is 1. The molecule has 1 aromatic carbocycles. The maximum atomic E-state index is 11.2. The van der Waals surface area contributed by atoms with Gasteiger partial charge in [0.2, 0.25) is 0 Å². The molecule has 1 saturated heterocycles. The van der Waals surface area contributed by atoms with Gasteiger partial charge >= 0.3 is 5.97 Å². The van der Waals surface area contributed by atoms with E-state index in [0.717, 1.165) is 44.1 Å². The highest BCUT2D eigenvalue weighted by molar-refractivity contribution is 5.95. The van der Waals surface area contributed by atoms with Crippen molar-refractivity contribution in [3.05, 3.63) is 23.3 Å². The van der Waals surface area contributed by atoms with Crippen molar-refractivity contribution >= 4 is 17.3 Å². The summed E-state index contributed by atoms with van der Waals surface area (Å²) in [5.74, 6) is -1.000. The summed E-state index contributed by atoms with van der Waals surface area (Å²) in [6, 6.07) is 3.70. The molecule has 1 aliphatic rings. The average Bonchev–Trinajstić information content (AvgIpc) is 2.43. The monoisotopic (exact) mass is 293 g/mol. The average molecular weight is 293 g/mol. The van der Waals surface area contributed by atoms with Crippen LogP contribution in [0.15, 0.2) is 12.1 Å². The second kappa shape index (κ2) is 6.78. The quantitative estimate of drug-likeness (QED) is 0.711. The van der Waals surface area contributed by atoms with Crippen molar-refractivity contribution in [2.75, 3.05) is 43.9 Å². The van der Waals surface area contributed by atoms with Gasteiger partial charge in [0.1, 0.15) is 0 Å². The minimum absolute atomic E-state index is 0.149. The first-order chi connectivity index (χ1) is 9.97. The van der Waals surface area contributed by atoms with E-state index >= 15 is 0 Å². The largest absolute Gasteiger partial charge is 0.478 e. The minimum Gasteiger partial charge on any atom is -0.478 e. The Hall–Kier alpha value is -1.79. The van der Waals surface area contributed by atoms with Crippen LogP contribution in [0.1, 0.15) is 22.8 Å². The first-order valence-corrected chi connectivity index (χ1v) is 7.17. The van der Waals surface area contributed by atoms with Crippen LogP contribution >= 0.6 is 0 Å². The Morgan fingerprint density at radius 2 is 2.14 bits per heavy atom. The number of nitrogens with zero attached hydrogens (tertiary/aromatic N) is 1. The number of hydrogen-bond acceptors (Lipinski definition) is 5. The second-order valence-electron chi connectivity index (χ2n) is 5.52. The number of rotatable bonds is 5. The predicted molar refractivity (Wildman–Crippen MR) is 82.9 cm³/mol. The van der Waals surface area contributed by atoms with Crippen LogP contribution in [0.25, 0.3) is 0 Å². The molecule has 1 aromatic rings. The molecule has 116 valence electrons. The standard InChI is InChI=1S/C15H23N3O3/c1-10-7-12(8-13(14(10)16)15(19)20)17-11(2)9-18-3-5-21-6-4-18/h7-8,11,17H,3-6,9,16H2,1-2H3,(H,19,20). The summed E-state index contributed by atoms with van der Waals surface area (Å²) in [4.78, 5) is 13.5. The Labute approximate surface area is 124 Å². The van der Waals surface area contributed by atoms with E-state index in [1.807, 2.05) is 13.0 Å². The lowest BCUT2D eigenvalue weighted by atomic mass is 10.1. The highest BCUT2D eigenvalue weighted by Crippen LogP contribution is 2.23. The maximum Gasteiger partial charge on any atom is 0.337 e. The van der Waals surface area contributed by atoms with Crippen LogP contribution in [0.3, 0.4) is 0 Å². The zero-order chi connectivity index (χ0) is 15.4. The molecule has 0 amide bonds. The molecule has 1 atom stereocenters. The normalized spacial score (nSPS) is 17.4. The van der Waals surface area contributed by atoms with Gasteiger partial charge in [-0.2, -0.15) is 0 Å². The number of carboxylic acid groups (broad SMARTS) is 1. The lowest BCUT2D eigenvalue weighted by molar-refractivity contribution is 0.0368. The van der Waals surface area contributed by atoms with Crippen molar-refractivity contribution < 1.29 is 14.6 Å². The van der Waals surface area contributed by atoms with E-state index in [9.17, 15) is 9.90 Å². The van der Waals surface area contributed by atoms with Gasteiger partial charge in [-0.3, -0.25) is 4.90 Å². The molecule has 1 aliphatic heterocycles. The molecule has 0 aromatic heterocycles. The summed E-state index contributed by atoms with van der Waals surface area (Å²) in [5.41, 5.74) is 7.84. The SMILES string of the molecule is Cc1cc(NC(C)CN2CCOCC2)cc(C(=O)O)c1N. The lowest BCUT2D eigenvalue weighted by Gasteiger charge is -2.29. The van der Waals surface area contributed by atoms with Gasteiger partial charge in [0.25, 0.3) is 0 Å². The third-order valence-electron chi connectivity index (χ3n) is 3.67. The van der Waals surface area contributed by atoms with Gasteiger partial charge in [-0.15, -0.1) is 0 Å². The molecule has 1 fully saturated rings. The van der Waals surface area contributed by atoms with Crippen molar-refractivity contribution in [3.8, 4) is 0 Å². The summed E-state index contributed by atoms with van der Waals surface area (Å²) in [6.45, 7) is 8.23. The first-order valence-electron chi connectivity index (χ1n) is 7.17. The van der Waals surface area contributed by atoms with E-state index in [-0.39, 0.29) is 11.6 Å². The number of aryl methyl sites for hydroxylation is 1. The minimum atomic E-state index is -1.000. The lowest BCUT2D eigenvalue weighted by Crippen LogP contribution is -2.42. The molecule has 0 aliphatic carbocycles. The number of hydrogen-bond donors (Lipinski definition) is 3. The van der Waals surface area contributed by atoms with E-state index in [4.69, 9.17) is 10.5 Å². The number of carboxylic acids is 1. The van der Waals surface area contributed by atoms with Crippen molar-refractivity contribution in [1.82, 2.24) is 4.90 Å². The number of carbonyl (C=O) groups is 1. The van der Waals surface area contributed by atoms with Gasteiger partial charge in [-0.05, 0) is 31.5 Å². The fourth-order valence-electron chi connectivity index (χ4n) is 2.56. The molecule has 1 unspecified atom stereocenters. The molecule has 1 heterocycles. The van der Waals surface area contributed by atoms with Crippen LogP contribution in [-0.4, -0.2) is 54.9 Å². The zero-order valence-electron chi connectivity index (χ0n) is 12.6. The van der Waals surface area contributed by atoms with Gasteiger partial charge < -0.3 is 20.9 Å². The number of nitrogens with two attached hydrogens (primary N) is 1. The maximum absolute atomic E-state index is 11.2. The van der Waals surface area contributed by atoms with Crippen molar-refractivity contribution in [2.45, 2.75) is 19.9 Å². The molecule has 2 rings (SSSR count). The van der Waals surface area contributed by atoms with Crippen molar-refractivity contribution in [1.29, 1.82) is 0 Å². The van der Waals surface area contributed by atoms with Gasteiger partial charge in [0.05, 0.1) is 18.8 Å². The Morgan fingerprint density at radius 1 is 1.48 bits per heavy atom. The number of benzene rings is 1. The zero-order valence-corrected chi connectivity index (χ0v) is 12.6. The van der Waals surface area contributed by atoms with Crippen LogP contribution in [-0.2, 0) is 4.74 Å². The topological polar surface area (TPSA) is 87.8 Å². The number of nitrogen functional groups attached to an aromatic ring is 1. The fraction of sp³-hybridized carbons (Fsp3) is 0.533. The van der Waals surface area contributed by atoms with Crippen molar-refractivity contribution in [2.24, 2.45) is 0 Å². The van der Waals surface area contributed by atoms with E-state index in [1.165, 1.54) is 0 Å². The van der Waals surface area contributed by atoms with Crippen molar-refractivity contribution in [3.63, 3.8) is 0 Å². The third-order valence-corrected chi connectivity index (χ3v) is 3.67. The Balaban J connectivity index is 2.03. The third kappa shape index (κ3) is 4.09. The van der Waals surface area contributed by atoms with Gasteiger partial charge in [-0.1, -0.05) is 0 Å². The van der Waals surface area contributed by atoms with E-state index < -0.39 is 5.97 Å². The van der Waals surface area contributed by atoms with Crippen LogP contribution in [0.5, 0.6) is 0 Å². The number of nitrogens with one attached hydrogen (secondary N) is 1. The molecular formula is C15H23N3O3. The Kier molecular flexibility index (Phi) is 5.03. The van der Waals surface area contributed by atoms with Gasteiger partial charge in [0.15, 0.2) is 0 Å². The highest BCUT2D eigenvalue weighted by Gasteiger charge is 2.16.